The molecule has 2 aromatic heterocycles. The van der Waals surface area contributed by atoms with E-state index >= 15 is 0 Å². The van der Waals surface area contributed by atoms with E-state index in [1.54, 1.807) is 18.2 Å². The van der Waals surface area contributed by atoms with E-state index in [9.17, 15) is 18.0 Å². The van der Waals surface area contributed by atoms with Gasteiger partial charge in [-0.1, -0.05) is 18.0 Å². The average molecular weight is 563 g/mol. The zero-order chi connectivity index (χ0) is 27.4. The highest BCUT2D eigenvalue weighted by molar-refractivity contribution is 6.35. The first-order chi connectivity index (χ1) is 18.8. The Labute approximate surface area is 229 Å². The molecule has 12 heteroatoms. The van der Waals surface area contributed by atoms with Crippen molar-refractivity contribution in [2.24, 2.45) is 0 Å². The number of carbonyl (C=O) groups excluding carboxylic acids is 1. The third-order valence-corrected chi connectivity index (χ3v) is 7.49. The molecule has 2 fully saturated rings. The van der Waals surface area contributed by atoms with Crippen LogP contribution in [0.2, 0.25) is 5.02 Å². The molecule has 0 saturated carbocycles. The minimum Gasteiger partial charge on any atom is -0.376 e. The Morgan fingerprint density at radius 2 is 1.87 bits per heavy atom. The van der Waals surface area contributed by atoms with Gasteiger partial charge >= 0.3 is 6.18 Å². The van der Waals surface area contributed by atoms with E-state index in [2.05, 4.69) is 30.5 Å². The maximum atomic E-state index is 13.4. The Kier molecular flexibility index (Phi) is 8.49. The summed E-state index contributed by atoms with van der Waals surface area (Å²) >= 11 is 6.47. The molecule has 2 N–H and O–H groups in total. The first-order valence-corrected chi connectivity index (χ1v) is 13.5. The molecule has 39 heavy (non-hydrogen) atoms. The van der Waals surface area contributed by atoms with Gasteiger partial charge in [0.1, 0.15) is 5.82 Å². The molecule has 208 valence electrons. The second kappa shape index (κ2) is 12.0. The van der Waals surface area contributed by atoms with E-state index in [-0.39, 0.29) is 29.6 Å². The van der Waals surface area contributed by atoms with Crippen molar-refractivity contribution < 1.29 is 22.7 Å². The summed E-state index contributed by atoms with van der Waals surface area (Å²) in [5.41, 5.74) is 1.43. The van der Waals surface area contributed by atoms with Gasteiger partial charge in [-0.2, -0.15) is 13.2 Å². The fourth-order valence-electron chi connectivity index (χ4n) is 5.15. The largest absolute Gasteiger partial charge is 0.451 e. The molecule has 4 heterocycles. The number of nitrogens with zero attached hydrogens (tertiary/aromatic N) is 4. The highest BCUT2D eigenvalue weighted by Gasteiger charge is 2.35. The van der Waals surface area contributed by atoms with Crippen LogP contribution >= 0.6 is 11.6 Å². The number of piperidine rings is 1. The van der Waals surface area contributed by atoms with E-state index in [1.165, 1.54) is 12.4 Å². The van der Waals surface area contributed by atoms with Crippen LogP contribution in [0.3, 0.4) is 0 Å². The van der Waals surface area contributed by atoms with Crippen molar-refractivity contribution in [1.82, 2.24) is 25.2 Å². The number of nitrogens with one attached hydrogen (secondary N) is 2. The van der Waals surface area contributed by atoms with Crippen LogP contribution in [0, 0.1) is 0 Å². The van der Waals surface area contributed by atoms with Gasteiger partial charge in [0.25, 0.3) is 5.91 Å². The van der Waals surface area contributed by atoms with Crippen LogP contribution in [0.5, 0.6) is 0 Å². The minimum atomic E-state index is -4.62. The molecule has 1 unspecified atom stereocenters. The van der Waals surface area contributed by atoms with Gasteiger partial charge in [0, 0.05) is 43.0 Å². The Balaban J connectivity index is 1.33. The van der Waals surface area contributed by atoms with Crippen LogP contribution in [0.4, 0.5) is 19.0 Å². The standard InChI is InChI=1S/C27H30ClF3N6O2/c28-20-7-8-21-19(6-9-23(36-21)32-15-18-5-4-12-39-18)24(20)25(38)33-16-22(37-10-2-1-3-11-37)17-13-34-26(35-14-17)27(29,30)31/h6-9,13-14,18,22H,1-5,10-12,15-16H2,(H,32,36)(H,33,38)/t18-,22?/m1/s1. The number of hydrogen-bond donors (Lipinski definition) is 2. The highest BCUT2D eigenvalue weighted by atomic mass is 35.5. The predicted molar refractivity (Wildman–Crippen MR) is 142 cm³/mol. The Morgan fingerprint density at radius 1 is 1.10 bits per heavy atom. The molecular formula is C27H30ClF3N6O2. The van der Waals surface area contributed by atoms with Crippen LogP contribution < -0.4 is 10.6 Å². The number of hydrogen-bond acceptors (Lipinski definition) is 7. The monoisotopic (exact) mass is 562 g/mol. The van der Waals surface area contributed by atoms with Crippen LogP contribution in [0.15, 0.2) is 36.7 Å². The summed E-state index contributed by atoms with van der Waals surface area (Å²) in [6.07, 6.45) is 3.02. The first-order valence-electron chi connectivity index (χ1n) is 13.2. The summed E-state index contributed by atoms with van der Waals surface area (Å²) in [6, 6.07) is 6.65. The molecule has 0 aliphatic carbocycles. The van der Waals surface area contributed by atoms with Gasteiger partial charge in [-0.05, 0) is 63.0 Å². The number of carbonyl (C=O) groups is 1. The smallest absolute Gasteiger partial charge is 0.376 e. The number of pyridine rings is 1. The second-order valence-corrected chi connectivity index (χ2v) is 10.3. The molecule has 2 aliphatic heterocycles. The number of alkyl halides is 3. The molecule has 1 amide bonds. The van der Waals surface area contributed by atoms with Crippen molar-refractivity contribution in [1.29, 1.82) is 0 Å². The number of fused-ring (bicyclic) bond motifs is 1. The van der Waals surface area contributed by atoms with Crippen LogP contribution in [-0.4, -0.2) is 64.6 Å². The van der Waals surface area contributed by atoms with Gasteiger partial charge < -0.3 is 15.4 Å². The molecule has 2 atom stereocenters. The lowest BCUT2D eigenvalue weighted by molar-refractivity contribution is -0.145. The van der Waals surface area contributed by atoms with E-state index in [0.29, 0.717) is 34.4 Å². The molecule has 0 radical (unpaired) electrons. The Bertz CT molecular complexity index is 1300. The number of aromatic nitrogens is 3. The van der Waals surface area contributed by atoms with Gasteiger partial charge in [-0.15, -0.1) is 0 Å². The summed E-state index contributed by atoms with van der Waals surface area (Å²) in [5, 5.41) is 7.13. The van der Waals surface area contributed by atoms with Crippen molar-refractivity contribution in [3.05, 3.63) is 58.6 Å². The second-order valence-electron chi connectivity index (χ2n) is 9.86. The van der Waals surface area contributed by atoms with E-state index in [0.717, 1.165) is 51.8 Å². The molecule has 2 aliphatic rings. The molecule has 3 aromatic rings. The number of rotatable bonds is 8. The van der Waals surface area contributed by atoms with Gasteiger partial charge in [-0.25, -0.2) is 15.0 Å². The zero-order valence-electron chi connectivity index (χ0n) is 21.3. The maximum absolute atomic E-state index is 13.4. The zero-order valence-corrected chi connectivity index (χ0v) is 22.1. The van der Waals surface area contributed by atoms with Crippen LogP contribution in [-0.2, 0) is 10.9 Å². The van der Waals surface area contributed by atoms with Crippen molar-refractivity contribution in [2.45, 2.75) is 50.4 Å². The number of likely N-dealkylation sites (tertiary alicyclic amines) is 1. The van der Waals surface area contributed by atoms with Gasteiger partial charge in [0.2, 0.25) is 5.82 Å². The Hall–Kier alpha value is -3.02. The molecular weight excluding hydrogens is 533 g/mol. The fraction of sp³-hybridized carbons (Fsp3) is 0.481. The lowest BCUT2D eigenvalue weighted by atomic mass is 10.0. The fourth-order valence-corrected chi connectivity index (χ4v) is 5.40. The number of halogens is 4. The number of anilines is 1. The van der Waals surface area contributed by atoms with Gasteiger partial charge in [-0.3, -0.25) is 9.69 Å². The molecule has 0 bridgehead atoms. The van der Waals surface area contributed by atoms with Gasteiger partial charge in [0.05, 0.1) is 28.2 Å². The van der Waals surface area contributed by atoms with Crippen molar-refractivity contribution in [2.75, 3.05) is 38.1 Å². The van der Waals surface area contributed by atoms with E-state index in [1.807, 2.05) is 6.07 Å². The predicted octanol–water partition coefficient (Wildman–Crippen LogP) is 5.24. The van der Waals surface area contributed by atoms with Gasteiger partial charge in [0.15, 0.2) is 0 Å². The normalized spacial score (nSPS) is 19.2. The molecule has 1 aromatic carbocycles. The molecule has 5 rings (SSSR count). The lowest BCUT2D eigenvalue weighted by Crippen LogP contribution is -2.41. The molecule has 2 saturated heterocycles. The molecule has 8 nitrogen and oxygen atoms in total. The summed E-state index contributed by atoms with van der Waals surface area (Å²) in [4.78, 5) is 27.3. The van der Waals surface area contributed by atoms with E-state index < -0.39 is 12.0 Å². The topological polar surface area (TPSA) is 92.3 Å². The maximum Gasteiger partial charge on any atom is 0.451 e. The number of ether oxygens (including phenoxy) is 1. The van der Waals surface area contributed by atoms with Crippen molar-refractivity contribution in [3.63, 3.8) is 0 Å². The summed E-state index contributed by atoms with van der Waals surface area (Å²) in [6.45, 7) is 3.13. The van der Waals surface area contributed by atoms with Crippen LogP contribution in [0.25, 0.3) is 10.9 Å². The average Bonchev–Trinajstić information content (AvgIpc) is 3.46. The highest BCUT2D eigenvalue weighted by Crippen LogP contribution is 2.30. The number of amides is 1. The third kappa shape index (κ3) is 6.59. The summed E-state index contributed by atoms with van der Waals surface area (Å²) in [7, 11) is 0. The third-order valence-electron chi connectivity index (χ3n) is 7.18. The lowest BCUT2D eigenvalue weighted by Gasteiger charge is -2.34. The van der Waals surface area contributed by atoms with E-state index in [4.69, 9.17) is 16.3 Å². The Morgan fingerprint density at radius 3 is 2.56 bits per heavy atom. The summed E-state index contributed by atoms with van der Waals surface area (Å²) in [5.74, 6) is -0.895. The number of benzene rings is 1. The van der Waals surface area contributed by atoms with Crippen LogP contribution in [0.1, 0.15) is 59.9 Å². The first kappa shape index (κ1) is 27.5. The van der Waals surface area contributed by atoms with Crippen molar-refractivity contribution >= 4 is 34.2 Å². The summed E-state index contributed by atoms with van der Waals surface area (Å²) < 4.78 is 44.7. The minimum absolute atomic E-state index is 0.161. The quantitative estimate of drug-likeness (QED) is 0.388. The van der Waals surface area contributed by atoms with Crippen molar-refractivity contribution in [3.8, 4) is 0 Å². The molecule has 0 spiro atoms. The SMILES string of the molecule is O=C(NCC(c1cnc(C(F)(F)F)nc1)N1CCCCC1)c1c(Cl)ccc2nc(NC[C@H]3CCCO3)ccc12.